The number of allylic oxidation sites excluding steroid dienone is 3. The molecule has 14 heteroatoms. The Hall–Kier alpha value is -5.14. The number of carbonyl (C=O) groups is 2. The molecule has 0 radical (unpaired) electrons. The van der Waals surface area contributed by atoms with Gasteiger partial charge in [-0.2, -0.15) is 0 Å². The summed E-state index contributed by atoms with van der Waals surface area (Å²) < 4.78 is 2.05. The topological polar surface area (TPSA) is 147 Å². The van der Waals surface area contributed by atoms with Crippen LogP contribution < -0.4 is 4.57 Å². The Morgan fingerprint density at radius 1 is 0.769 bits per heavy atom. The smallest absolute Gasteiger partial charge is 0.280 e. The third-order valence-corrected chi connectivity index (χ3v) is 11.3. The number of amides is 2. The molecule has 0 unspecified atom stereocenters. The number of aliphatic imine (C=N–C) groups is 3. The van der Waals surface area contributed by atoms with E-state index >= 15 is 0 Å². The summed E-state index contributed by atoms with van der Waals surface area (Å²) in [5.41, 5.74) is 5.90. The summed E-state index contributed by atoms with van der Waals surface area (Å²) in [6.07, 6.45) is 8.83. The van der Waals surface area contributed by atoms with Gasteiger partial charge in [0.05, 0.1) is 50.8 Å². The number of aryl methyl sites for hydroxylation is 1. The Morgan fingerprint density at radius 3 is 1.94 bits per heavy atom. The molecule has 5 aromatic rings. The fourth-order valence-corrected chi connectivity index (χ4v) is 8.05. The number of nitrogens with one attached hydrogen (secondary N) is 2. The number of rotatable bonds is 13. The zero-order chi connectivity index (χ0) is 36.4. The normalized spacial score (nSPS) is 13.8. The van der Waals surface area contributed by atoms with E-state index in [-0.39, 0.29) is 11.8 Å². The van der Waals surface area contributed by atoms with Crippen LogP contribution in [-0.4, -0.2) is 67.7 Å². The Labute approximate surface area is 316 Å². The van der Waals surface area contributed by atoms with E-state index in [1.807, 2.05) is 29.1 Å². The SMILES string of the molecule is C=C/C(=C\C=NCCSSCC[n+]1ccc(C2=NC(=O)c3c(-c4ccc(Cl)cc4)[nH]c(O)c32)cc1)C1=NC(=O)c2c(-c3ccc(Cl)cc3)[nH]c(O)c21. The quantitative estimate of drug-likeness (QED) is 0.0315. The van der Waals surface area contributed by atoms with Gasteiger partial charge in [-0.3, -0.25) is 14.6 Å². The first-order chi connectivity index (χ1) is 25.2. The minimum Gasteiger partial charge on any atom is -0.494 e. The number of halogens is 2. The summed E-state index contributed by atoms with van der Waals surface area (Å²) >= 11 is 12.0. The van der Waals surface area contributed by atoms with Gasteiger partial charge in [-0.15, -0.1) is 0 Å². The zero-order valence-electron chi connectivity index (χ0n) is 27.3. The Bertz CT molecular complexity index is 2340. The number of hydrogen-bond acceptors (Lipinski definition) is 7. The van der Waals surface area contributed by atoms with Gasteiger partial charge in [0.15, 0.2) is 30.7 Å². The van der Waals surface area contributed by atoms with Crippen LogP contribution in [0.4, 0.5) is 0 Å². The minimum atomic E-state index is -0.446. The third kappa shape index (κ3) is 7.02. The molecule has 0 aliphatic carbocycles. The Balaban J connectivity index is 0.888. The van der Waals surface area contributed by atoms with Crippen molar-refractivity contribution in [1.29, 1.82) is 0 Å². The second-order valence-corrected chi connectivity index (χ2v) is 15.2. The standard InChI is InChI=1S/C38H28Cl2N6O4S2/c1-2-21(31-27-28(36(48)42-31)32(43-35(27)47)22-3-7-25(39)8-4-22)11-14-41-15-19-51-52-20-18-46-16-12-24(13-17-46)34-30-29(37(49)45-34)33(44-38(30)50)23-5-9-26(40)10-6-23/h2-14,16-17H,1,15,18-20H2,(H3,41,42,43,44,45,47,48,49,50)/p+1. The molecule has 10 nitrogen and oxygen atoms in total. The monoisotopic (exact) mass is 767 g/mol. The van der Waals surface area contributed by atoms with Crippen molar-refractivity contribution >= 4 is 74.2 Å². The fraction of sp³-hybridized carbons (Fsp3) is 0.105. The second-order valence-electron chi connectivity index (χ2n) is 11.6. The van der Waals surface area contributed by atoms with Crippen molar-refractivity contribution in [2.75, 3.05) is 18.1 Å². The number of hydrogen-bond donors (Lipinski definition) is 4. The first-order valence-electron chi connectivity index (χ1n) is 16.0. The molecule has 0 atom stereocenters. The lowest BCUT2D eigenvalue weighted by molar-refractivity contribution is -0.692. The molecule has 52 heavy (non-hydrogen) atoms. The van der Waals surface area contributed by atoms with Gasteiger partial charge in [0.25, 0.3) is 11.8 Å². The van der Waals surface area contributed by atoms with Gasteiger partial charge >= 0.3 is 0 Å². The average molecular weight is 769 g/mol. The summed E-state index contributed by atoms with van der Waals surface area (Å²) in [6.45, 7) is 5.22. The van der Waals surface area contributed by atoms with Crippen molar-refractivity contribution in [3.8, 4) is 34.3 Å². The van der Waals surface area contributed by atoms with Crippen LogP contribution in [0, 0.1) is 0 Å². The van der Waals surface area contributed by atoms with Crippen LogP contribution >= 0.6 is 44.8 Å². The number of aromatic amines is 2. The van der Waals surface area contributed by atoms with E-state index in [4.69, 9.17) is 23.2 Å². The molecule has 0 saturated carbocycles. The molecule has 4 N–H and O–H groups in total. The number of nitrogens with zero attached hydrogens (tertiary/aromatic N) is 4. The number of aromatic hydroxyl groups is 2. The number of fused-ring (bicyclic) bond motifs is 2. The van der Waals surface area contributed by atoms with Crippen LogP contribution in [0.15, 0.2) is 112 Å². The molecule has 3 aromatic heterocycles. The molecule has 0 saturated heterocycles. The summed E-state index contributed by atoms with van der Waals surface area (Å²) in [7, 11) is 3.45. The van der Waals surface area contributed by atoms with Crippen LogP contribution in [0.25, 0.3) is 22.5 Å². The Kier molecular flexibility index (Phi) is 10.3. The highest BCUT2D eigenvalue weighted by Crippen LogP contribution is 2.39. The molecule has 2 aromatic carbocycles. The largest absolute Gasteiger partial charge is 0.494 e. The van der Waals surface area contributed by atoms with E-state index in [9.17, 15) is 19.8 Å². The van der Waals surface area contributed by atoms with Crippen molar-refractivity contribution in [2.45, 2.75) is 6.54 Å². The van der Waals surface area contributed by atoms with Crippen molar-refractivity contribution in [2.24, 2.45) is 15.0 Å². The lowest BCUT2D eigenvalue weighted by Crippen LogP contribution is -2.34. The number of pyridine rings is 1. The second kappa shape index (κ2) is 15.2. The van der Waals surface area contributed by atoms with E-state index in [1.54, 1.807) is 88.5 Å². The number of benzene rings is 2. The van der Waals surface area contributed by atoms with Gasteiger partial charge in [0, 0.05) is 51.8 Å². The van der Waals surface area contributed by atoms with Crippen LogP contribution in [0.5, 0.6) is 11.8 Å². The number of H-pyrrole nitrogens is 2. The van der Waals surface area contributed by atoms with Crippen LogP contribution in [-0.2, 0) is 6.54 Å². The van der Waals surface area contributed by atoms with Crippen molar-refractivity contribution in [1.82, 2.24) is 9.97 Å². The predicted molar refractivity (Wildman–Crippen MR) is 210 cm³/mol. The van der Waals surface area contributed by atoms with Crippen LogP contribution in [0.3, 0.4) is 0 Å². The molecule has 5 heterocycles. The van der Waals surface area contributed by atoms with Crippen LogP contribution in [0.1, 0.15) is 37.4 Å². The highest BCUT2D eigenvalue weighted by molar-refractivity contribution is 8.76. The van der Waals surface area contributed by atoms with Gasteiger partial charge in [0.2, 0.25) is 0 Å². The summed E-state index contributed by atoms with van der Waals surface area (Å²) in [5.74, 6) is 0.561. The first kappa shape index (κ1) is 35.3. The molecule has 2 aliphatic rings. The first-order valence-corrected chi connectivity index (χ1v) is 19.2. The lowest BCUT2D eigenvalue weighted by Gasteiger charge is -2.02. The minimum absolute atomic E-state index is 0.101. The van der Waals surface area contributed by atoms with E-state index in [0.717, 1.165) is 29.2 Å². The summed E-state index contributed by atoms with van der Waals surface area (Å²) in [4.78, 5) is 44.5. The molecule has 260 valence electrons. The van der Waals surface area contributed by atoms with Crippen molar-refractivity contribution < 1.29 is 24.4 Å². The van der Waals surface area contributed by atoms with Crippen molar-refractivity contribution in [3.63, 3.8) is 0 Å². The Morgan fingerprint density at radius 2 is 1.33 bits per heavy atom. The molecule has 0 bridgehead atoms. The van der Waals surface area contributed by atoms with Gasteiger partial charge in [-0.1, -0.05) is 81.7 Å². The summed E-state index contributed by atoms with van der Waals surface area (Å²) in [5, 5.41) is 22.5. The van der Waals surface area contributed by atoms with Gasteiger partial charge in [0.1, 0.15) is 0 Å². The summed E-state index contributed by atoms with van der Waals surface area (Å²) in [6, 6.07) is 17.8. The zero-order valence-corrected chi connectivity index (χ0v) is 30.4. The number of carbonyl (C=O) groups excluding carboxylic acids is 2. The van der Waals surface area contributed by atoms with E-state index in [2.05, 4.69) is 31.5 Å². The van der Waals surface area contributed by atoms with E-state index in [1.165, 1.54) is 0 Å². The average Bonchev–Trinajstić information content (AvgIpc) is 3.88. The number of aromatic nitrogens is 3. The van der Waals surface area contributed by atoms with E-state index < -0.39 is 11.8 Å². The third-order valence-electron chi connectivity index (χ3n) is 8.39. The highest BCUT2D eigenvalue weighted by Gasteiger charge is 2.35. The lowest BCUT2D eigenvalue weighted by atomic mass is 10.00. The maximum atomic E-state index is 12.9. The van der Waals surface area contributed by atoms with Crippen LogP contribution in [0.2, 0.25) is 10.0 Å². The maximum absolute atomic E-state index is 12.9. The maximum Gasteiger partial charge on any atom is 0.280 e. The fourth-order valence-electron chi connectivity index (χ4n) is 5.94. The van der Waals surface area contributed by atoms with Gasteiger partial charge < -0.3 is 20.2 Å². The van der Waals surface area contributed by atoms with Crippen molar-refractivity contribution in [3.05, 3.63) is 135 Å². The molecule has 2 aliphatic heterocycles. The predicted octanol–water partition coefficient (Wildman–Crippen LogP) is 7.88. The van der Waals surface area contributed by atoms with Gasteiger partial charge in [-0.25, -0.2) is 14.6 Å². The highest BCUT2D eigenvalue weighted by atomic mass is 35.5. The molecular formula is C38H29Cl2N6O4S2+. The molecule has 0 fully saturated rings. The molecular weight excluding hydrogens is 739 g/mol. The van der Waals surface area contributed by atoms with E-state index in [0.29, 0.717) is 72.8 Å². The van der Waals surface area contributed by atoms with Gasteiger partial charge in [-0.05, 0) is 41.5 Å². The molecule has 0 spiro atoms. The molecule has 7 rings (SSSR count). The molecule has 2 amide bonds.